The number of rotatable bonds is 4. The van der Waals surface area contributed by atoms with Crippen molar-refractivity contribution in [2.45, 2.75) is 39.2 Å². The van der Waals surface area contributed by atoms with Gasteiger partial charge in [-0.2, -0.15) is 0 Å². The van der Waals surface area contributed by atoms with Crippen molar-refractivity contribution < 1.29 is 9.59 Å². The topological polar surface area (TPSA) is 80.1 Å². The molecule has 1 aliphatic heterocycles. The van der Waals surface area contributed by atoms with E-state index in [1.165, 1.54) is 25.7 Å². The maximum Gasteiger partial charge on any atom is 0.276 e. The highest BCUT2D eigenvalue weighted by atomic mass is 16.2. The number of carbonyl (C=O) groups excluding carboxylic acids is 2. The average molecular weight is 305 g/mol. The summed E-state index contributed by atoms with van der Waals surface area (Å²) in [5.41, 5.74) is 1.26. The molecule has 0 spiro atoms. The largest absolute Gasteiger partial charge is 0.359 e. The van der Waals surface area contributed by atoms with Crippen LogP contribution in [0.25, 0.3) is 0 Å². The Morgan fingerprint density at radius 1 is 1.27 bits per heavy atom. The number of likely N-dealkylation sites (tertiary alicyclic amines) is 1. The highest BCUT2D eigenvalue weighted by Gasteiger charge is 2.37. The van der Waals surface area contributed by atoms with E-state index < -0.39 is 0 Å². The van der Waals surface area contributed by atoms with Crippen LogP contribution in [-0.4, -0.2) is 51.8 Å². The molecule has 1 aromatic rings. The van der Waals surface area contributed by atoms with Crippen molar-refractivity contribution in [1.29, 1.82) is 0 Å². The summed E-state index contributed by atoms with van der Waals surface area (Å²) in [6.07, 6.45) is 5.06. The molecule has 2 aliphatic rings. The molecule has 0 radical (unpaired) electrons. The highest BCUT2D eigenvalue weighted by molar-refractivity contribution is 5.95. The van der Waals surface area contributed by atoms with Crippen molar-refractivity contribution in [1.82, 2.24) is 25.2 Å². The predicted molar refractivity (Wildman–Crippen MR) is 80.2 cm³/mol. The Kier molecular flexibility index (Phi) is 4.13. The van der Waals surface area contributed by atoms with Crippen LogP contribution in [0.15, 0.2) is 0 Å². The molecule has 2 amide bonds. The Balaban J connectivity index is 1.62. The van der Waals surface area contributed by atoms with Crippen LogP contribution in [0.3, 0.4) is 0 Å². The van der Waals surface area contributed by atoms with Gasteiger partial charge in [-0.1, -0.05) is 18.1 Å². The lowest BCUT2D eigenvalue weighted by atomic mass is 9.98. The first kappa shape index (κ1) is 15.0. The predicted octanol–water partition coefficient (Wildman–Crippen LogP) is 0.595. The monoisotopic (exact) mass is 305 g/mol. The van der Waals surface area contributed by atoms with Crippen LogP contribution in [0.4, 0.5) is 0 Å². The summed E-state index contributed by atoms with van der Waals surface area (Å²) in [7, 11) is 1.62. The van der Waals surface area contributed by atoms with Gasteiger partial charge in [0, 0.05) is 26.7 Å². The molecule has 7 heteroatoms. The van der Waals surface area contributed by atoms with Gasteiger partial charge in [-0.25, -0.2) is 4.68 Å². The average Bonchev–Trinajstić information content (AvgIpc) is 3.08. The van der Waals surface area contributed by atoms with Crippen LogP contribution in [0.2, 0.25) is 0 Å². The van der Waals surface area contributed by atoms with E-state index in [-0.39, 0.29) is 17.7 Å². The molecule has 0 unspecified atom stereocenters. The number of amides is 2. The summed E-state index contributed by atoms with van der Waals surface area (Å²) in [5, 5.41) is 10.8. The van der Waals surface area contributed by atoms with Crippen molar-refractivity contribution in [2.75, 3.05) is 20.1 Å². The van der Waals surface area contributed by atoms with Gasteiger partial charge in [0.15, 0.2) is 5.69 Å². The molecule has 0 aromatic carbocycles. The molecule has 1 aliphatic carbocycles. The first-order valence-electron chi connectivity index (χ1n) is 8.01. The third-order valence-corrected chi connectivity index (χ3v) is 4.88. The minimum absolute atomic E-state index is 0.00865. The molecular formula is C15H23N5O2. The van der Waals surface area contributed by atoms with Crippen molar-refractivity contribution in [3.63, 3.8) is 0 Å². The second kappa shape index (κ2) is 6.06. The van der Waals surface area contributed by atoms with E-state index in [2.05, 4.69) is 15.6 Å². The van der Waals surface area contributed by atoms with Crippen molar-refractivity contribution in [3.05, 3.63) is 11.4 Å². The van der Waals surface area contributed by atoms with Gasteiger partial charge in [-0.15, -0.1) is 5.10 Å². The summed E-state index contributed by atoms with van der Waals surface area (Å²) in [5.74, 6) is 0.439. The lowest BCUT2D eigenvalue weighted by molar-refractivity contribution is -0.128. The van der Waals surface area contributed by atoms with Gasteiger partial charge >= 0.3 is 0 Å². The zero-order valence-electron chi connectivity index (χ0n) is 13.2. The summed E-state index contributed by atoms with van der Waals surface area (Å²) < 4.78 is 1.86. The number of aromatic nitrogens is 3. The van der Waals surface area contributed by atoms with E-state index in [0.29, 0.717) is 24.7 Å². The third-order valence-electron chi connectivity index (χ3n) is 4.88. The van der Waals surface area contributed by atoms with Gasteiger partial charge < -0.3 is 10.2 Å². The van der Waals surface area contributed by atoms with Gasteiger partial charge in [-0.3, -0.25) is 9.59 Å². The molecule has 1 saturated carbocycles. The van der Waals surface area contributed by atoms with Crippen LogP contribution < -0.4 is 5.32 Å². The third kappa shape index (κ3) is 2.71. The first-order valence-corrected chi connectivity index (χ1v) is 8.01. The fraction of sp³-hybridized carbons (Fsp3) is 0.733. The van der Waals surface area contributed by atoms with Crippen molar-refractivity contribution in [3.8, 4) is 0 Å². The lowest BCUT2D eigenvalue weighted by Gasteiger charge is -2.37. The Bertz CT molecular complexity index is 570. The second-order valence-corrected chi connectivity index (χ2v) is 6.38. The molecular weight excluding hydrogens is 282 g/mol. The Morgan fingerprint density at radius 2 is 1.95 bits per heavy atom. The standard InChI is InChI=1S/C15H23N5O2/c1-10-13(15(22)19-8-12(9-19)14(21)16-2)17-18-20(10)7-11-5-3-4-6-11/h11-12H,3-9H2,1-2H3,(H,16,21). The maximum atomic E-state index is 12.4. The van der Waals surface area contributed by atoms with Gasteiger partial charge in [-0.05, 0) is 25.7 Å². The Labute approximate surface area is 130 Å². The van der Waals surface area contributed by atoms with Crippen LogP contribution in [0, 0.1) is 18.8 Å². The van der Waals surface area contributed by atoms with E-state index in [1.807, 2.05) is 11.6 Å². The Morgan fingerprint density at radius 3 is 2.59 bits per heavy atom. The molecule has 3 rings (SSSR count). The highest BCUT2D eigenvalue weighted by Crippen LogP contribution is 2.27. The minimum atomic E-state index is -0.115. The molecule has 2 fully saturated rings. The minimum Gasteiger partial charge on any atom is -0.359 e. The van der Waals surface area contributed by atoms with Crippen LogP contribution in [0.1, 0.15) is 41.9 Å². The smallest absolute Gasteiger partial charge is 0.276 e. The zero-order chi connectivity index (χ0) is 15.7. The normalized spacial score (nSPS) is 19.3. The van der Waals surface area contributed by atoms with Crippen LogP contribution in [0.5, 0.6) is 0 Å². The molecule has 1 N–H and O–H groups in total. The quantitative estimate of drug-likeness (QED) is 0.883. The Hall–Kier alpha value is -1.92. The zero-order valence-corrected chi connectivity index (χ0v) is 13.2. The van der Waals surface area contributed by atoms with Crippen LogP contribution in [-0.2, 0) is 11.3 Å². The van der Waals surface area contributed by atoms with Gasteiger partial charge in [0.05, 0.1) is 11.6 Å². The molecule has 22 heavy (non-hydrogen) atoms. The summed E-state index contributed by atoms with van der Waals surface area (Å²) in [4.78, 5) is 25.6. The van der Waals surface area contributed by atoms with E-state index >= 15 is 0 Å². The summed E-state index contributed by atoms with van der Waals surface area (Å²) in [6, 6.07) is 0. The molecule has 120 valence electrons. The molecule has 2 heterocycles. The van der Waals surface area contributed by atoms with E-state index in [0.717, 1.165) is 12.2 Å². The van der Waals surface area contributed by atoms with Gasteiger partial charge in [0.2, 0.25) is 5.91 Å². The molecule has 0 atom stereocenters. The van der Waals surface area contributed by atoms with Crippen molar-refractivity contribution >= 4 is 11.8 Å². The lowest BCUT2D eigenvalue weighted by Crippen LogP contribution is -2.55. The number of nitrogens with one attached hydrogen (secondary N) is 1. The number of hydrogen-bond donors (Lipinski definition) is 1. The summed E-state index contributed by atoms with van der Waals surface area (Å²) in [6.45, 7) is 3.69. The van der Waals surface area contributed by atoms with Gasteiger partial charge in [0.25, 0.3) is 5.91 Å². The maximum absolute atomic E-state index is 12.4. The number of carbonyl (C=O) groups is 2. The fourth-order valence-electron chi connectivity index (χ4n) is 3.33. The number of hydrogen-bond acceptors (Lipinski definition) is 4. The molecule has 7 nitrogen and oxygen atoms in total. The fourth-order valence-corrected chi connectivity index (χ4v) is 3.33. The first-order chi connectivity index (χ1) is 10.6. The molecule has 1 aromatic heterocycles. The van der Waals surface area contributed by atoms with Crippen LogP contribution >= 0.6 is 0 Å². The summed E-state index contributed by atoms with van der Waals surface area (Å²) >= 11 is 0. The SMILES string of the molecule is CNC(=O)C1CN(C(=O)c2nnn(CC3CCCC3)c2C)C1. The van der Waals surface area contributed by atoms with Crippen molar-refractivity contribution in [2.24, 2.45) is 11.8 Å². The molecule has 1 saturated heterocycles. The molecule has 0 bridgehead atoms. The van der Waals surface area contributed by atoms with E-state index in [1.54, 1.807) is 11.9 Å². The van der Waals surface area contributed by atoms with Gasteiger partial charge in [0.1, 0.15) is 0 Å². The van der Waals surface area contributed by atoms with E-state index in [9.17, 15) is 9.59 Å². The van der Waals surface area contributed by atoms with E-state index in [4.69, 9.17) is 0 Å². The second-order valence-electron chi connectivity index (χ2n) is 6.38. The number of nitrogens with zero attached hydrogens (tertiary/aromatic N) is 4.